The van der Waals surface area contributed by atoms with E-state index >= 15 is 0 Å². The lowest BCUT2D eigenvalue weighted by Crippen LogP contribution is -2.49. The van der Waals surface area contributed by atoms with Gasteiger partial charge in [0.1, 0.15) is 18.5 Å². The second-order valence-corrected chi connectivity index (χ2v) is 8.41. The summed E-state index contributed by atoms with van der Waals surface area (Å²) in [7, 11) is -3.94. The Bertz CT molecular complexity index is 842. The zero-order valence-electron chi connectivity index (χ0n) is 15.2. The van der Waals surface area contributed by atoms with E-state index in [0.717, 1.165) is 18.4 Å². The fourth-order valence-electron chi connectivity index (χ4n) is 3.56. The van der Waals surface area contributed by atoms with Crippen LogP contribution >= 0.6 is 0 Å². The lowest BCUT2D eigenvalue weighted by molar-refractivity contribution is 0.0800. The Morgan fingerprint density at radius 3 is 2.48 bits per heavy atom. The topological polar surface area (TPSA) is 92.9 Å². The molecule has 7 heteroatoms. The first kappa shape index (κ1) is 19.8. The van der Waals surface area contributed by atoms with Crippen molar-refractivity contribution in [3.8, 4) is 5.75 Å². The number of nitrogens with zero attached hydrogens (tertiary/aromatic N) is 1. The van der Waals surface area contributed by atoms with Crippen LogP contribution in [0.2, 0.25) is 0 Å². The summed E-state index contributed by atoms with van der Waals surface area (Å²) in [6.07, 6.45) is 2.13. The molecule has 0 heterocycles. The average Bonchev–Trinajstić information content (AvgIpc) is 2.86. The van der Waals surface area contributed by atoms with E-state index < -0.39 is 16.3 Å². The van der Waals surface area contributed by atoms with Gasteiger partial charge in [-0.1, -0.05) is 42.5 Å². The summed E-state index contributed by atoms with van der Waals surface area (Å²) in [5.74, 6) is 0.627. The molecule has 0 saturated heterocycles. The maximum Gasteiger partial charge on any atom is 0.277 e. The molecule has 0 spiro atoms. The number of rotatable bonds is 7. The molecule has 2 aromatic rings. The van der Waals surface area contributed by atoms with Gasteiger partial charge in [-0.25, -0.2) is 5.14 Å². The molecular weight excluding hydrogens is 364 g/mol. The number of aliphatic hydroxyl groups is 1. The number of nitrogens with two attached hydrogens (primary N) is 1. The van der Waals surface area contributed by atoms with E-state index in [2.05, 4.69) is 6.07 Å². The molecule has 1 unspecified atom stereocenters. The van der Waals surface area contributed by atoms with E-state index in [1.54, 1.807) is 12.1 Å². The van der Waals surface area contributed by atoms with Gasteiger partial charge in [-0.15, -0.1) is 0 Å². The van der Waals surface area contributed by atoms with Crippen LogP contribution in [0.1, 0.15) is 24.0 Å². The van der Waals surface area contributed by atoms with Gasteiger partial charge in [0.25, 0.3) is 10.2 Å². The van der Waals surface area contributed by atoms with E-state index in [1.807, 2.05) is 36.4 Å². The summed E-state index contributed by atoms with van der Waals surface area (Å²) in [5.41, 5.74) is 2.39. The molecular formula is C20H26N2O4S. The summed E-state index contributed by atoms with van der Waals surface area (Å²) >= 11 is 0. The van der Waals surface area contributed by atoms with Crippen molar-refractivity contribution >= 4 is 10.2 Å². The number of ether oxygens (including phenoxy) is 1. The second-order valence-electron chi connectivity index (χ2n) is 6.91. The first-order chi connectivity index (χ1) is 12.9. The van der Waals surface area contributed by atoms with Gasteiger partial charge in [0.05, 0.1) is 0 Å². The minimum atomic E-state index is -3.94. The van der Waals surface area contributed by atoms with Crippen molar-refractivity contribution < 1.29 is 18.3 Å². The fraction of sp³-hybridized carbons (Fsp3) is 0.400. The van der Waals surface area contributed by atoms with E-state index in [4.69, 9.17) is 9.88 Å². The third-order valence-electron chi connectivity index (χ3n) is 4.87. The molecule has 0 saturated carbocycles. The average molecular weight is 391 g/mol. The monoisotopic (exact) mass is 390 g/mol. The Morgan fingerprint density at radius 2 is 1.78 bits per heavy atom. The first-order valence-electron chi connectivity index (χ1n) is 9.16. The molecule has 1 aliphatic rings. The maximum atomic E-state index is 12.2. The van der Waals surface area contributed by atoms with Crippen LogP contribution in [0, 0.1) is 0 Å². The lowest BCUT2D eigenvalue weighted by atomic mass is 10.0. The van der Waals surface area contributed by atoms with Gasteiger partial charge in [0.2, 0.25) is 0 Å². The van der Waals surface area contributed by atoms with Crippen molar-refractivity contribution in [1.82, 2.24) is 4.31 Å². The highest BCUT2D eigenvalue weighted by Crippen LogP contribution is 2.25. The van der Waals surface area contributed by atoms with Crippen LogP contribution in [-0.2, 0) is 23.1 Å². The number of fused-ring (bicyclic) bond motifs is 1. The van der Waals surface area contributed by atoms with Crippen molar-refractivity contribution in [3.05, 3.63) is 65.7 Å². The Kier molecular flexibility index (Phi) is 6.49. The van der Waals surface area contributed by atoms with Gasteiger partial charge in [-0.05, 0) is 48.9 Å². The molecule has 1 aliphatic carbocycles. The van der Waals surface area contributed by atoms with E-state index in [-0.39, 0.29) is 19.2 Å². The predicted molar refractivity (Wildman–Crippen MR) is 105 cm³/mol. The fourth-order valence-corrected chi connectivity index (χ4v) is 4.54. The van der Waals surface area contributed by atoms with E-state index in [9.17, 15) is 13.5 Å². The third-order valence-corrected chi connectivity index (χ3v) is 5.97. The number of aliphatic hydroxyl groups excluding tert-OH is 1. The number of hydrogen-bond acceptors (Lipinski definition) is 4. The van der Waals surface area contributed by atoms with Gasteiger partial charge in [0, 0.05) is 12.6 Å². The molecule has 0 radical (unpaired) electrons. The second kappa shape index (κ2) is 8.84. The normalized spacial score (nSPS) is 18.6. The molecule has 2 atom stereocenters. The molecule has 3 N–H and O–H groups in total. The van der Waals surface area contributed by atoms with Crippen molar-refractivity contribution in [1.29, 1.82) is 0 Å². The van der Waals surface area contributed by atoms with Gasteiger partial charge < -0.3 is 9.84 Å². The van der Waals surface area contributed by atoms with Crippen LogP contribution in [-0.4, -0.2) is 43.1 Å². The van der Waals surface area contributed by atoms with Gasteiger partial charge in [0.15, 0.2) is 0 Å². The minimum Gasteiger partial charge on any atom is -0.491 e. The Labute approximate surface area is 160 Å². The van der Waals surface area contributed by atoms with Gasteiger partial charge in [-0.3, -0.25) is 0 Å². The standard InChI is InChI=1S/C20H26N2O4S/c21-27(24,25)22(14-19(23)15-26-20-11-2-1-3-12-20)18-10-6-9-16-7-4-5-8-17(16)13-18/h1-5,7-8,11-12,18-19,23H,6,9-10,13-15H2,(H2,21,24,25)/t18?,19-/m0/s1. The Morgan fingerprint density at radius 1 is 1.11 bits per heavy atom. The Hall–Kier alpha value is -1.93. The van der Waals surface area contributed by atoms with Gasteiger partial charge >= 0.3 is 0 Å². The van der Waals surface area contributed by atoms with Crippen LogP contribution in [0.25, 0.3) is 0 Å². The minimum absolute atomic E-state index is 0.000654. The van der Waals surface area contributed by atoms with Crippen molar-refractivity contribution in [2.45, 2.75) is 37.8 Å². The summed E-state index contributed by atoms with van der Waals surface area (Å²) in [4.78, 5) is 0. The molecule has 146 valence electrons. The van der Waals surface area contributed by atoms with Crippen LogP contribution in [0.3, 0.4) is 0 Å². The molecule has 0 fully saturated rings. The lowest BCUT2D eigenvalue weighted by Gasteiger charge is -2.30. The van der Waals surface area contributed by atoms with Crippen molar-refractivity contribution in [2.75, 3.05) is 13.2 Å². The van der Waals surface area contributed by atoms with Crippen molar-refractivity contribution in [2.24, 2.45) is 5.14 Å². The Balaban J connectivity index is 1.69. The third kappa shape index (κ3) is 5.52. The quantitative estimate of drug-likeness (QED) is 0.706. The summed E-state index contributed by atoms with van der Waals surface area (Å²) in [6, 6.07) is 16.9. The largest absolute Gasteiger partial charge is 0.491 e. The van der Waals surface area contributed by atoms with E-state index in [0.29, 0.717) is 18.6 Å². The summed E-state index contributed by atoms with van der Waals surface area (Å²) < 4.78 is 31.2. The molecule has 3 rings (SSSR count). The number of para-hydroxylation sites is 1. The van der Waals surface area contributed by atoms with Crippen LogP contribution in [0.5, 0.6) is 5.75 Å². The molecule has 6 nitrogen and oxygen atoms in total. The van der Waals surface area contributed by atoms with Crippen LogP contribution < -0.4 is 9.88 Å². The van der Waals surface area contributed by atoms with Crippen LogP contribution in [0.15, 0.2) is 54.6 Å². The summed E-state index contributed by atoms with van der Waals surface area (Å²) in [5, 5.41) is 15.8. The van der Waals surface area contributed by atoms with Crippen molar-refractivity contribution in [3.63, 3.8) is 0 Å². The van der Waals surface area contributed by atoms with E-state index in [1.165, 1.54) is 9.87 Å². The summed E-state index contributed by atoms with van der Waals surface area (Å²) in [6.45, 7) is -0.0855. The molecule has 2 aromatic carbocycles. The predicted octanol–water partition coefficient (Wildman–Crippen LogP) is 1.88. The highest BCUT2D eigenvalue weighted by atomic mass is 32.2. The maximum absolute atomic E-state index is 12.2. The molecule has 27 heavy (non-hydrogen) atoms. The molecule has 0 aromatic heterocycles. The van der Waals surface area contributed by atoms with Crippen LogP contribution in [0.4, 0.5) is 0 Å². The zero-order chi connectivity index (χ0) is 19.3. The molecule has 0 amide bonds. The van der Waals surface area contributed by atoms with Gasteiger partial charge in [-0.2, -0.15) is 12.7 Å². The number of benzene rings is 2. The zero-order valence-corrected chi connectivity index (χ0v) is 16.0. The number of hydrogen-bond donors (Lipinski definition) is 2. The smallest absolute Gasteiger partial charge is 0.277 e. The molecule has 0 aliphatic heterocycles. The number of aryl methyl sites for hydroxylation is 1. The SMILES string of the molecule is NS(=O)(=O)N(C[C@H](O)COc1ccccc1)C1CCCc2ccccc2C1. The first-order valence-corrected chi connectivity index (χ1v) is 10.7. The highest BCUT2D eigenvalue weighted by Gasteiger charge is 2.31. The molecule has 0 bridgehead atoms. The highest BCUT2D eigenvalue weighted by molar-refractivity contribution is 7.86.